The second-order valence-electron chi connectivity index (χ2n) is 7.05. The normalized spacial score (nSPS) is 11.7. The van der Waals surface area contributed by atoms with E-state index in [-0.39, 0.29) is 35.5 Å². The molecule has 146 valence electrons. The van der Waals surface area contributed by atoms with Gasteiger partial charge in [-0.3, -0.25) is 0 Å². The summed E-state index contributed by atoms with van der Waals surface area (Å²) < 4.78 is 16.8. The van der Waals surface area contributed by atoms with Gasteiger partial charge in [-0.1, -0.05) is 23.3 Å². The molecule has 0 unspecified atom stereocenters. The summed E-state index contributed by atoms with van der Waals surface area (Å²) in [5, 5.41) is 10.6. The van der Waals surface area contributed by atoms with E-state index in [2.05, 4.69) is 19.9 Å². The van der Waals surface area contributed by atoms with Crippen LogP contribution >= 0.6 is 0 Å². The van der Waals surface area contributed by atoms with Crippen LogP contribution in [0.5, 0.6) is 17.2 Å². The Labute approximate surface area is 159 Å². The van der Waals surface area contributed by atoms with Gasteiger partial charge in [0.25, 0.3) is 0 Å². The van der Waals surface area contributed by atoms with Crippen LogP contribution in [0.3, 0.4) is 0 Å². The Morgan fingerprint density at radius 1 is 1.19 bits per heavy atom. The van der Waals surface area contributed by atoms with Gasteiger partial charge < -0.3 is 19.0 Å². The fraction of sp³-hybridized carbons (Fsp3) is 0.409. The third-order valence-electron chi connectivity index (χ3n) is 3.93. The Kier molecular flexibility index (Phi) is 7.11. The van der Waals surface area contributed by atoms with E-state index in [9.17, 15) is 9.90 Å². The zero-order chi connectivity index (χ0) is 20.0. The first-order valence-electron chi connectivity index (χ1n) is 9.16. The predicted octanol–water partition coefficient (Wildman–Crippen LogP) is 5.36. The molecule has 0 amide bonds. The van der Waals surface area contributed by atoms with Crippen molar-refractivity contribution in [3.63, 3.8) is 0 Å². The second-order valence-corrected chi connectivity index (χ2v) is 7.05. The van der Waals surface area contributed by atoms with Gasteiger partial charge >= 0.3 is 5.63 Å². The van der Waals surface area contributed by atoms with Crippen molar-refractivity contribution < 1.29 is 19.0 Å². The molecule has 0 bridgehead atoms. The molecule has 2 rings (SSSR count). The van der Waals surface area contributed by atoms with Crippen LogP contribution in [0.4, 0.5) is 0 Å². The standard InChI is InChI=1S/C22H28O5/c1-14(2)8-6-9-16(5)12-13-25-20-19-17(23)10-7-11-18(19)27-22(24)21(20)26-15(3)4/h7-8,10-12,15,23H,6,9,13H2,1-5H3/b16-12+. The van der Waals surface area contributed by atoms with Crippen LogP contribution in [0, 0.1) is 0 Å². The number of rotatable bonds is 8. The fourth-order valence-electron chi connectivity index (χ4n) is 2.62. The Hall–Kier alpha value is -2.69. The van der Waals surface area contributed by atoms with Crippen LogP contribution in [0.25, 0.3) is 11.0 Å². The van der Waals surface area contributed by atoms with E-state index in [0.29, 0.717) is 5.39 Å². The highest BCUT2D eigenvalue weighted by Gasteiger charge is 2.21. The molecule has 1 aromatic heterocycles. The summed E-state index contributed by atoms with van der Waals surface area (Å²) in [7, 11) is 0. The lowest BCUT2D eigenvalue weighted by Gasteiger charge is -2.15. The maximum atomic E-state index is 12.3. The summed E-state index contributed by atoms with van der Waals surface area (Å²) in [6, 6.07) is 4.75. The Bertz CT molecular complexity index is 899. The number of fused-ring (bicyclic) bond motifs is 1. The maximum Gasteiger partial charge on any atom is 0.383 e. The molecule has 5 heteroatoms. The Balaban J connectivity index is 2.32. The summed E-state index contributed by atoms with van der Waals surface area (Å²) in [6.45, 7) is 10.1. The number of phenolic OH excluding ortho intramolecular Hbond substituents is 1. The molecule has 5 nitrogen and oxygen atoms in total. The van der Waals surface area contributed by atoms with Crippen LogP contribution in [-0.4, -0.2) is 17.8 Å². The molecule has 1 N–H and O–H groups in total. The molecular formula is C22H28O5. The van der Waals surface area contributed by atoms with Crippen molar-refractivity contribution in [1.29, 1.82) is 0 Å². The van der Waals surface area contributed by atoms with Gasteiger partial charge in [0.2, 0.25) is 5.75 Å². The van der Waals surface area contributed by atoms with Gasteiger partial charge in [0.1, 0.15) is 23.3 Å². The van der Waals surface area contributed by atoms with Crippen molar-refractivity contribution in [1.82, 2.24) is 0 Å². The van der Waals surface area contributed by atoms with Gasteiger partial charge in [0, 0.05) is 0 Å². The lowest BCUT2D eigenvalue weighted by molar-refractivity contribution is 0.216. The number of hydrogen-bond acceptors (Lipinski definition) is 5. The summed E-state index contributed by atoms with van der Waals surface area (Å²) in [5.41, 5.74) is 2.12. The molecule has 0 radical (unpaired) electrons. The summed E-state index contributed by atoms with van der Waals surface area (Å²) in [4.78, 5) is 12.3. The molecule has 0 saturated heterocycles. The zero-order valence-electron chi connectivity index (χ0n) is 16.7. The quantitative estimate of drug-likeness (QED) is 0.499. The van der Waals surface area contributed by atoms with Crippen LogP contribution in [0.1, 0.15) is 47.5 Å². The Morgan fingerprint density at radius 3 is 2.59 bits per heavy atom. The van der Waals surface area contributed by atoms with E-state index in [4.69, 9.17) is 13.9 Å². The number of phenols is 1. The van der Waals surface area contributed by atoms with Crippen molar-refractivity contribution in [3.8, 4) is 17.2 Å². The minimum Gasteiger partial charge on any atom is -0.507 e. The topological polar surface area (TPSA) is 68.9 Å². The van der Waals surface area contributed by atoms with Gasteiger partial charge in [0.05, 0.1) is 6.10 Å². The van der Waals surface area contributed by atoms with E-state index >= 15 is 0 Å². The maximum absolute atomic E-state index is 12.3. The van der Waals surface area contributed by atoms with Crippen molar-refractivity contribution in [2.24, 2.45) is 0 Å². The number of benzene rings is 1. The average Bonchev–Trinajstić information content (AvgIpc) is 2.57. The van der Waals surface area contributed by atoms with Crippen LogP contribution < -0.4 is 15.1 Å². The number of aromatic hydroxyl groups is 1. The molecule has 0 saturated carbocycles. The lowest BCUT2D eigenvalue weighted by Crippen LogP contribution is -2.15. The van der Waals surface area contributed by atoms with E-state index in [1.54, 1.807) is 12.1 Å². The molecule has 0 aliphatic heterocycles. The second kappa shape index (κ2) is 9.31. The smallest absolute Gasteiger partial charge is 0.383 e. The summed E-state index contributed by atoms with van der Waals surface area (Å²) in [5.74, 6) is 0.167. The predicted molar refractivity (Wildman–Crippen MR) is 108 cm³/mol. The first kappa shape index (κ1) is 20.6. The van der Waals surface area contributed by atoms with Gasteiger partial charge in [-0.25, -0.2) is 4.79 Å². The lowest BCUT2D eigenvalue weighted by atomic mass is 10.1. The van der Waals surface area contributed by atoms with Gasteiger partial charge in [-0.05, 0) is 65.7 Å². The molecule has 0 aliphatic rings. The van der Waals surface area contributed by atoms with Crippen LogP contribution in [0.2, 0.25) is 0 Å². The summed E-state index contributed by atoms with van der Waals surface area (Å²) in [6.07, 6.45) is 5.84. The minimum absolute atomic E-state index is 0.0189. The first-order valence-corrected chi connectivity index (χ1v) is 9.16. The van der Waals surface area contributed by atoms with Crippen molar-refractivity contribution in [2.45, 2.75) is 53.6 Å². The van der Waals surface area contributed by atoms with E-state index in [0.717, 1.165) is 12.8 Å². The van der Waals surface area contributed by atoms with E-state index in [1.807, 2.05) is 26.8 Å². The molecule has 2 aromatic rings. The molecule has 1 heterocycles. The van der Waals surface area contributed by atoms with E-state index < -0.39 is 5.63 Å². The average molecular weight is 372 g/mol. The van der Waals surface area contributed by atoms with Crippen molar-refractivity contribution >= 4 is 11.0 Å². The molecule has 27 heavy (non-hydrogen) atoms. The number of hydrogen-bond donors (Lipinski definition) is 1. The molecular weight excluding hydrogens is 344 g/mol. The van der Waals surface area contributed by atoms with Gasteiger partial charge in [0.15, 0.2) is 5.75 Å². The molecule has 0 spiro atoms. The van der Waals surface area contributed by atoms with Crippen molar-refractivity contribution in [3.05, 3.63) is 51.9 Å². The Morgan fingerprint density at radius 2 is 1.93 bits per heavy atom. The zero-order valence-corrected chi connectivity index (χ0v) is 16.7. The van der Waals surface area contributed by atoms with Gasteiger partial charge in [-0.2, -0.15) is 0 Å². The van der Waals surface area contributed by atoms with Crippen LogP contribution in [-0.2, 0) is 0 Å². The van der Waals surface area contributed by atoms with Crippen LogP contribution in [0.15, 0.2) is 50.7 Å². The monoisotopic (exact) mass is 372 g/mol. The summed E-state index contributed by atoms with van der Waals surface area (Å²) >= 11 is 0. The minimum atomic E-state index is -0.624. The van der Waals surface area contributed by atoms with Crippen molar-refractivity contribution in [2.75, 3.05) is 6.61 Å². The fourth-order valence-corrected chi connectivity index (χ4v) is 2.62. The highest BCUT2D eigenvalue weighted by molar-refractivity contribution is 5.91. The third-order valence-corrected chi connectivity index (χ3v) is 3.93. The molecule has 0 aliphatic carbocycles. The highest BCUT2D eigenvalue weighted by atomic mass is 16.5. The third kappa shape index (κ3) is 5.64. The number of allylic oxidation sites excluding steroid dienone is 3. The first-order chi connectivity index (χ1) is 12.8. The number of ether oxygens (including phenoxy) is 2. The van der Waals surface area contributed by atoms with E-state index in [1.165, 1.54) is 17.2 Å². The van der Waals surface area contributed by atoms with Gasteiger partial charge in [-0.15, -0.1) is 0 Å². The molecule has 0 fully saturated rings. The SMILES string of the molecule is CC(C)=CCC/C(C)=C/COc1c(OC(C)C)c(=O)oc2cccc(O)c12. The highest BCUT2D eigenvalue weighted by Crippen LogP contribution is 2.38. The largest absolute Gasteiger partial charge is 0.507 e. The molecule has 1 aromatic carbocycles. The molecule has 0 atom stereocenters.